The van der Waals surface area contributed by atoms with Crippen molar-refractivity contribution in [2.45, 2.75) is 43.7 Å². The van der Waals surface area contributed by atoms with Gasteiger partial charge in [-0.25, -0.2) is 4.79 Å². The van der Waals surface area contributed by atoms with Crippen molar-refractivity contribution in [2.75, 3.05) is 27.2 Å². The number of hydrogen-bond acceptors (Lipinski definition) is 5. The Labute approximate surface area is 137 Å². The maximum absolute atomic E-state index is 11.0. The molecule has 1 saturated heterocycles. The van der Waals surface area contributed by atoms with E-state index in [4.69, 9.17) is 9.47 Å². The van der Waals surface area contributed by atoms with E-state index < -0.39 is 5.54 Å². The molecule has 0 N–H and O–H groups in total. The number of likely N-dealkylation sites (N-methyl/N-ethyl adjacent to an activating group) is 1. The fraction of sp³-hybridized carbons (Fsp3) is 0.611. The van der Waals surface area contributed by atoms with Gasteiger partial charge in [0.1, 0.15) is 11.6 Å². The van der Waals surface area contributed by atoms with Gasteiger partial charge < -0.3 is 14.4 Å². The fourth-order valence-corrected chi connectivity index (χ4v) is 3.84. The van der Waals surface area contributed by atoms with Crippen LogP contribution in [0, 0.1) is 0 Å². The van der Waals surface area contributed by atoms with Crippen LogP contribution in [0.3, 0.4) is 0 Å². The molecule has 5 heteroatoms. The lowest BCUT2D eigenvalue weighted by Crippen LogP contribution is -2.23. The molecule has 124 valence electrons. The third-order valence-electron chi connectivity index (χ3n) is 5.02. The summed E-state index contributed by atoms with van der Waals surface area (Å²) in [7, 11) is 3.75. The number of carbonyl (C=O) groups excluding carboxylic acids is 1. The second-order valence-corrected chi connectivity index (χ2v) is 6.57. The minimum atomic E-state index is -0.501. The number of likely N-dealkylation sites (tertiary alicyclic amines) is 1. The van der Waals surface area contributed by atoms with E-state index in [-0.39, 0.29) is 6.10 Å². The van der Waals surface area contributed by atoms with Crippen molar-refractivity contribution < 1.29 is 14.3 Å². The average Bonchev–Trinajstić information content (AvgIpc) is 3.17. The molecule has 2 aliphatic rings. The highest BCUT2D eigenvalue weighted by Gasteiger charge is 2.39. The largest absolute Gasteiger partial charge is 0.492 e. The lowest BCUT2D eigenvalue weighted by atomic mass is 9.88. The summed E-state index contributed by atoms with van der Waals surface area (Å²) < 4.78 is 11.9. The predicted octanol–water partition coefficient (Wildman–Crippen LogP) is 2.88. The Hall–Kier alpha value is -1.84. The zero-order valence-corrected chi connectivity index (χ0v) is 13.9. The van der Waals surface area contributed by atoms with E-state index in [0.29, 0.717) is 5.75 Å². The van der Waals surface area contributed by atoms with Gasteiger partial charge in [0.2, 0.25) is 6.08 Å². The van der Waals surface area contributed by atoms with E-state index in [1.165, 1.54) is 0 Å². The second-order valence-electron chi connectivity index (χ2n) is 6.57. The van der Waals surface area contributed by atoms with Crippen LogP contribution in [0.2, 0.25) is 0 Å². The molecule has 0 amide bonds. The maximum atomic E-state index is 11.0. The lowest BCUT2D eigenvalue weighted by Gasteiger charge is -2.27. The molecular formula is C18H24N2O3. The summed E-state index contributed by atoms with van der Waals surface area (Å²) in [6.07, 6.45) is 6.80. The van der Waals surface area contributed by atoms with Gasteiger partial charge in [0.15, 0.2) is 11.5 Å². The number of rotatable bonds is 5. The van der Waals surface area contributed by atoms with Crippen molar-refractivity contribution in [2.24, 2.45) is 4.99 Å². The van der Waals surface area contributed by atoms with Crippen LogP contribution in [0.15, 0.2) is 23.2 Å². The first-order valence-corrected chi connectivity index (χ1v) is 8.30. The molecule has 3 rings (SSSR count). The van der Waals surface area contributed by atoms with Crippen LogP contribution in [0.25, 0.3) is 0 Å². The number of para-hydroxylation sites is 1. The van der Waals surface area contributed by atoms with E-state index in [1.807, 2.05) is 18.2 Å². The standard InChI is InChI=1S/C18H24N2O3/c1-20-11-8-14(12-20)23-16-7-5-6-15(17(16)22-2)18(19-13-21)9-3-4-10-18/h5-7,14H,3-4,8-12H2,1-2H3. The fourth-order valence-electron chi connectivity index (χ4n) is 3.84. The molecule has 23 heavy (non-hydrogen) atoms. The number of hydrogen-bond donors (Lipinski definition) is 0. The summed E-state index contributed by atoms with van der Waals surface area (Å²) in [6, 6.07) is 5.90. The van der Waals surface area contributed by atoms with Crippen LogP contribution in [-0.4, -0.2) is 44.3 Å². The highest BCUT2D eigenvalue weighted by atomic mass is 16.5. The number of isocyanates is 1. The molecule has 1 saturated carbocycles. The smallest absolute Gasteiger partial charge is 0.235 e. The highest BCUT2D eigenvalue weighted by Crippen LogP contribution is 2.48. The molecule has 1 aliphatic carbocycles. The molecule has 2 fully saturated rings. The molecule has 5 nitrogen and oxygen atoms in total. The van der Waals surface area contributed by atoms with Crippen molar-refractivity contribution in [1.29, 1.82) is 0 Å². The normalized spacial score (nSPS) is 23.5. The second kappa shape index (κ2) is 6.73. The average molecular weight is 316 g/mol. The highest BCUT2D eigenvalue weighted by molar-refractivity contribution is 5.52. The lowest BCUT2D eigenvalue weighted by molar-refractivity contribution is 0.198. The van der Waals surface area contributed by atoms with Crippen LogP contribution in [0.1, 0.15) is 37.7 Å². The third-order valence-corrected chi connectivity index (χ3v) is 5.02. The molecular weight excluding hydrogens is 292 g/mol. The van der Waals surface area contributed by atoms with Crippen LogP contribution in [-0.2, 0) is 10.3 Å². The summed E-state index contributed by atoms with van der Waals surface area (Å²) in [4.78, 5) is 17.4. The number of benzene rings is 1. The topological polar surface area (TPSA) is 51.1 Å². The van der Waals surface area contributed by atoms with E-state index in [2.05, 4.69) is 16.9 Å². The van der Waals surface area contributed by atoms with E-state index in [1.54, 1.807) is 13.2 Å². The van der Waals surface area contributed by atoms with Crippen molar-refractivity contribution >= 4 is 6.08 Å². The van der Waals surface area contributed by atoms with Crippen molar-refractivity contribution in [3.05, 3.63) is 23.8 Å². The quantitative estimate of drug-likeness (QED) is 0.619. The van der Waals surface area contributed by atoms with Crippen LogP contribution < -0.4 is 9.47 Å². The van der Waals surface area contributed by atoms with Gasteiger partial charge in [-0.1, -0.05) is 25.0 Å². The molecule has 0 spiro atoms. The summed E-state index contributed by atoms with van der Waals surface area (Å²) in [6.45, 7) is 1.97. The monoisotopic (exact) mass is 316 g/mol. The summed E-state index contributed by atoms with van der Waals surface area (Å²) in [5.41, 5.74) is 0.448. The minimum absolute atomic E-state index is 0.179. The summed E-state index contributed by atoms with van der Waals surface area (Å²) in [5, 5.41) is 0. The molecule has 1 aromatic rings. The van der Waals surface area contributed by atoms with Gasteiger partial charge in [-0.2, -0.15) is 4.99 Å². The molecule has 1 aromatic carbocycles. The molecule has 0 aromatic heterocycles. The van der Waals surface area contributed by atoms with Gasteiger partial charge in [0.05, 0.1) is 7.11 Å². The van der Waals surface area contributed by atoms with Crippen molar-refractivity contribution in [1.82, 2.24) is 4.90 Å². The van der Waals surface area contributed by atoms with Crippen molar-refractivity contribution in [3.63, 3.8) is 0 Å². The zero-order chi connectivity index (χ0) is 16.3. The Balaban J connectivity index is 1.95. The van der Waals surface area contributed by atoms with Crippen molar-refractivity contribution in [3.8, 4) is 11.5 Å². The van der Waals surface area contributed by atoms with Gasteiger partial charge in [-0.15, -0.1) is 0 Å². The molecule has 1 unspecified atom stereocenters. The van der Waals surface area contributed by atoms with Gasteiger partial charge in [0.25, 0.3) is 0 Å². The first-order chi connectivity index (χ1) is 11.2. The third kappa shape index (κ3) is 3.12. The Kier molecular flexibility index (Phi) is 4.69. The molecule has 0 radical (unpaired) electrons. The van der Waals surface area contributed by atoms with E-state index >= 15 is 0 Å². The Bertz CT molecular complexity index is 604. The van der Waals surface area contributed by atoms with Gasteiger partial charge >= 0.3 is 0 Å². The SMILES string of the molecule is COc1c(OC2CCN(C)C2)cccc1C1(N=C=O)CCCC1. The van der Waals surface area contributed by atoms with Crippen LogP contribution >= 0.6 is 0 Å². The Morgan fingerprint density at radius 3 is 2.74 bits per heavy atom. The number of ether oxygens (including phenoxy) is 2. The maximum Gasteiger partial charge on any atom is 0.235 e. The van der Waals surface area contributed by atoms with Crippen LogP contribution in [0.4, 0.5) is 0 Å². The minimum Gasteiger partial charge on any atom is -0.492 e. The molecule has 0 bridgehead atoms. The summed E-state index contributed by atoms with van der Waals surface area (Å²) >= 11 is 0. The van der Waals surface area contributed by atoms with Gasteiger partial charge in [-0.3, -0.25) is 0 Å². The first kappa shape index (κ1) is 16.0. The zero-order valence-electron chi connectivity index (χ0n) is 13.9. The summed E-state index contributed by atoms with van der Waals surface area (Å²) in [5.74, 6) is 1.46. The van der Waals surface area contributed by atoms with Crippen LogP contribution in [0.5, 0.6) is 11.5 Å². The molecule has 1 atom stereocenters. The first-order valence-electron chi connectivity index (χ1n) is 8.30. The van der Waals surface area contributed by atoms with E-state index in [0.717, 1.165) is 56.5 Å². The van der Waals surface area contributed by atoms with Gasteiger partial charge in [-0.05, 0) is 32.4 Å². The molecule has 1 aliphatic heterocycles. The van der Waals surface area contributed by atoms with Gasteiger partial charge in [0, 0.05) is 18.7 Å². The predicted molar refractivity (Wildman–Crippen MR) is 87.8 cm³/mol. The number of nitrogens with zero attached hydrogens (tertiary/aromatic N) is 2. The Morgan fingerprint density at radius 1 is 1.35 bits per heavy atom. The number of methoxy groups -OCH3 is 1. The Morgan fingerprint density at radius 2 is 2.13 bits per heavy atom. The molecule has 1 heterocycles. The van der Waals surface area contributed by atoms with E-state index in [9.17, 15) is 4.79 Å². The number of aliphatic imine (C=N–C) groups is 1.